The van der Waals surface area contributed by atoms with Gasteiger partial charge in [0, 0.05) is 12.4 Å². The van der Waals surface area contributed by atoms with Crippen molar-refractivity contribution in [2.75, 3.05) is 5.73 Å². The first-order valence-electron chi connectivity index (χ1n) is 4.42. The fourth-order valence-corrected chi connectivity index (χ4v) is 1.53. The number of nitrogens with two attached hydrogens (primary N) is 1. The quantitative estimate of drug-likeness (QED) is 0.781. The molecule has 0 saturated heterocycles. The summed E-state index contributed by atoms with van der Waals surface area (Å²) in [6.07, 6.45) is 3.28. The van der Waals surface area contributed by atoms with Crippen LogP contribution in [0.4, 0.5) is 5.69 Å². The van der Waals surface area contributed by atoms with E-state index in [-0.39, 0.29) is 16.3 Å². The molecule has 0 atom stereocenters. The number of rotatable bonds is 2. The molecule has 0 aliphatic rings. The van der Waals surface area contributed by atoms with Crippen molar-refractivity contribution < 1.29 is 9.90 Å². The van der Waals surface area contributed by atoms with Gasteiger partial charge in [0.25, 0.3) is 0 Å². The van der Waals surface area contributed by atoms with Crippen molar-refractivity contribution in [2.45, 2.75) is 0 Å². The number of halogens is 1. The first-order valence-corrected chi connectivity index (χ1v) is 4.79. The van der Waals surface area contributed by atoms with Crippen LogP contribution in [-0.2, 0) is 0 Å². The maximum Gasteiger partial charge on any atom is 0.337 e. The molecule has 82 valence electrons. The predicted molar refractivity (Wildman–Crippen MR) is 59.9 cm³/mol. The zero-order chi connectivity index (χ0) is 11.7. The van der Waals surface area contributed by atoms with Crippen molar-refractivity contribution >= 4 is 23.3 Å². The summed E-state index contributed by atoms with van der Waals surface area (Å²) in [6.45, 7) is 0. The third-order valence-electron chi connectivity index (χ3n) is 2.08. The predicted octanol–water partition coefficient (Wildman–Crippen LogP) is 1.81. The van der Waals surface area contributed by atoms with Gasteiger partial charge in [0.2, 0.25) is 0 Å². The molecule has 0 fully saturated rings. The normalized spacial score (nSPS) is 10.3. The van der Waals surface area contributed by atoms with Crippen LogP contribution in [0.2, 0.25) is 5.02 Å². The van der Waals surface area contributed by atoms with E-state index >= 15 is 0 Å². The third kappa shape index (κ3) is 1.72. The smallest absolute Gasteiger partial charge is 0.337 e. The van der Waals surface area contributed by atoms with Crippen LogP contribution in [0.15, 0.2) is 30.6 Å². The summed E-state index contributed by atoms with van der Waals surface area (Å²) in [7, 11) is 0. The molecule has 3 N–H and O–H groups in total. The van der Waals surface area contributed by atoms with Crippen LogP contribution in [-0.4, -0.2) is 20.9 Å². The highest BCUT2D eigenvalue weighted by molar-refractivity contribution is 6.36. The number of hydrogen-bond acceptors (Lipinski definition) is 3. The molecule has 16 heavy (non-hydrogen) atoms. The first kappa shape index (κ1) is 10.5. The lowest BCUT2D eigenvalue weighted by Crippen LogP contribution is -2.04. The number of carbonyl (C=O) groups is 1. The molecule has 0 unspecified atom stereocenters. The number of aromatic nitrogens is 2. The first-order chi connectivity index (χ1) is 7.59. The van der Waals surface area contributed by atoms with E-state index in [9.17, 15) is 4.79 Å². The molecule has 1 heterocycles. The Morgan fingerprint density at radius 2 is 2.25 bits per heavy atom. The minimum Gasteiger partial charge on any atom is -0.478 e. The van der Waals surface area contributed by atoms with Gasteiger partial charge in [0.15, 0.2) is 0 Å². The number of hydrogen-bond donors (Lipinski definition) is 2. The second-order valence-corrected chi connectivity index (χ2v) is 3.53. The molecule has 0 saturated carbocycles. The van der Waals surface area contributed by atoms with E-state index in [1.165, 1.54) is 10.7 Å². The molecule has 0 amide bonds. The second-order valence-electron chi connectivity index (χ2n) is 3.15. The van der Waals surface area contributed by atoms with Gasteiger partial charge in [0.1, 0.15) is 0 Å². The van der Waals surface area contributed by atoms with E-state index in [0.717, 1.165) is 0 Å². The Labute approximate surface area is 96.1 Å². The van der Waals surface area contributed by atoms with Gasteiger partial charge in [-0.2, -0.15) is 5.10 Å². The second kappa shape index (κ2) is 3.86. The minimum atomic E-state index is -1.12. The monoisotopic (exact) mass is 237 g/mol. The minimum absolute atomic E-state index is 0.0350. The van der Waals surface area contributed by atoms with Crippen molar-refractivity contribution in [2.24, 2.45) is 0 Å². The van der Waals surface area contributed by atoms with Crippen LogP contribution in [0.3, 0.4) is 0 Å². The maximum absolute atomic E-state index is 10.9. The van der Waals surface area contributed by atoms with Crippen molar-refractivity contribution in [1.29, 1.82) is 0 Å². The lowest BCUT2D eigenvalue weighted by Gasteiger charge is -2.07. The zero-order valence-corrected chi connectivity index (χ0v) is 8.85. The van der Waals surface area contributed by atoms with Crippen molar-refractivity contribution in [3.8, 4) is 5.69 Å². The number of nitrogens with zero attached hydrogens (tertiary/aromatic N) is 2. The van der Waals surface area contributed by atoms with E-state index < -0.39 is 5.97 Å². The molecule has 2 aromatic rings. The standard InChI is InChI=1S/C10H8ClN3O2/c11-9-7(10(15)16)4-6(5-8(9)12)14-3-1-2-13-14/h1-5H,12H2,(H,15,16). The Morgan fingerprint density at radius 1 is 1.50 bits per heavy atom. The van der Waals surface area contributed by atoms with E-state index in [1.54, 1.807) is 24.5 Å². The van der Waals surface area contributed by atoms with Crippen molar-refractivity contribution in [3.63, 3.8) is 0 Å². The zero-order valence-electron chi connectivity index (χ0n) is 8.09. The lowest BCUT2D eigenvalue weighted by molar-refractivity contribution is 0.0697. The summed E-state index contributed by atoms with van der Waals surface area (Å²) in [5.41, 5.74) is 6.37. The molecule has 0 spiro atoms. The van der Waals surface area contributed by atoms with Gasteiger partial charge in [-0.1, -0.05) is 11.6 Å². The molecular formula is C10H8ClN3O2. The summed E-state index contributed by atoms with van der Waals surface area (Å²) in [5.74, 6) is -1.12. The van der Waals surface area contributed by atoms with Crippen LogP contribution in [0.1, 0.15) is 10.4 Å². The summed E-state index contributed by atoms with van der Waals surface area (Å²) < 4.78 is 1.51. The van der Waals surface area contributed by atoms with Crippen LogP contribution in [0, 0.1) is 0 Å². The molecule has 1 aromatic heterocycles. The Balaban J connectivity index is 2.62. The average Bonchev–Trinajstić information content (AvgIpc) is 2.74. The Hall–Kier alpha value is -2.01. The maximum atomic E-state index is 10.9. The lowest BCUT2D eigenvalue weighted by atomic mass is 10.1. The Bertz CT molecular complexity index is 537. The fraction of sp³-hybridized carbons (Fsp3) is 0. The Morgan fingerprint density at radius 3 is 2.81 bits per heavy atom. The van der Waals surface area contributed by atoms with Gasteiger partial charge < -0.3 is 10.8 Å². The van der Waals surface area contributed by atoms with Crippen molar-refractivity contribution in [1.82, 2.24) is 9.78 Å². The Kier molecular flexibility index (Phi) is 2.54. The molecular weight excluding hydrogens is 230 g/mol. The van der Waals surface area contributed by atoms with Gasteiger partial charge >= 0.3 is 5.97 Å². The van der Waals surface area contributed by atoms with Gasteiger partial charge in [-0.3, -0.25) is 0 Å². The average molecular weight is 238 g/mol. The van der Waals surface area contributed by atoms with Gasteiger partial charge in [-0.15, -0.1) is 0 Å². The molecule has 0 aliphatic carbocycles. The van der Waals surface area contributed by atoms with Gasteiger partial charge in [-0.25, -0.2) is 9.48 Å². The molecule has 1 aromatic carbocycles. The molecule has 0 aliphatic heterocycles. The molecule has 6 heteroatoms. The molecule has 5 nitrogen and oxygen atoms in total. The highest BCUT2D eigenvalue weighted by Crippen LogP contribution is 2.26. The number of benzene rings is 1. The van der Waals surface area contributed by atoms with Crippen LogP contribution in [0.25, 0.3) is 5.69 Å². The number of carboxylic acid groups (broad SMARTS) is 1. The summed E-state index contributed by atoms with van der Waals surface area (Å²) >= 11 is 5.79. The highest BCUT2D eigenvalue weighted by Gasteiger charge is 2.13. The summed E-state index contributed by atoms with van der Waals surface area (Å²) in [6, 6.07) is 4.72. The highest BCUT2D eigenvalue weighted by atomic mass is 35.5. The number of nitrogen functional groups attached to an aromatic ring is 1. The van der Waals surface area contributed by atoms with Crippen LogP contribution >= 0.6 is 11.6 Å². The molecule has 2 rings (SSSR count). The van der Waals surface area contributed by atoms with Crippen molar-refractivity contribution in [3.05, 3.63) is 41.2 Å². The van der Waals surface area contributed by atoms with Gasteiger partial charge in [-0.05, 0) is 18.2 Å². The van der Waals surface area contributed by atoms with E-state index in [2.05, 4.69) is 5.10 Å². The number of aromatic carboxylic acids is 1. The van der Waals surface area contributed by atoms with Gasteiger partial charge in [0.05, 0.1) is 22.0 Å². The third-order valence-corrected chi connectivity index (χ3v) is 2.51. The van der Waals surface area contributed by atoms with Crippen LogP contribution in [0.5, 0.6) is 0 Å². The summed E-state index contributed by atoms with van der Waals surface area (Å²) in [4.78, 5) is 10.9. The SMILES string of the molecule is Nc1cc(-n2cccn2)cc(C(=O)O)c1Cl. The molecule has 0 radical (unpaired) electrons. The number of anilines is 1. The fourth-order valence-electron chi connectivity index (χ4n) is 1.34. The number of carboxylic acids is 1. The van der Waals surface area contributed by atoms with Crippen LogP contribution < -0.4 is 5.73 Å². The largest absolute Gasteiger partial charge is 0.478 e. The van der Waals surface area contributed by atoms with E-state index in [0.29, 0.717) is 5.69 Å². The topological polar surface area (TPSA) is 81.1 Å². The summed E-state index contributed by atoms with van der Waals surface area (Å²) in [5, 5.41) is 13.0. The van der Waals surface area contributed by atoms with E-state index in [4.69, 9.17) is 22.4 Å². The molecule has 0 bridgehead atoms. The van der Waals surface area contributed by atoms with E-state index in [1.807, 2.05) is 0 Å².